The van der Waals surface area contributed by atoms with E-state index in [0.717, 1.165) is 11.4 Å². The summed E-state index contributed by atoms with van der Waals surface area (Å²) < 4.78 is 0. The zero-order valence-corrected chi connectivity index (χ0v) is 16.0. The molecular formula is C28H21N. The van der Waals surface area contributed by atoms with E-state index in [1.54, 1.807) is 0 Å². The predicted octanol–water partition coefficient (Wildman–Crippen LogP) is 7.60. The highest BCUT2D eigenvalue weighted by atomic mass is 14.9. The quantitative estimate of drug-likeness (QED) is 0.321. The Balaban J connectivity index is 1.65. The molecule has 138 valence electrons. The third-order valence-corrected chi connectivity index (χ3v) is 5.22. The standard InChI is InChI=1S/C28H21N/c1-2-9-21(10-3-1)19-28(27-16-8-14-23-12-6-7-15-26(23)27)29-25-18-17-22-11-4-5-13-24(22)20-25/h1-20,29H. The van der Waals surface area contributed by atoms with Gasteiger partial charge in [0.2, 0.25) is 0 Å². The van der Waals surface area contributed by atoms with Crippen molar-refractivity contribution in [2.45, 2.75) is 0 Å². The minimum atomic E-state index is 1.08. The van der Waals surface area contributed by atoms with Crippen molar-refractivity contribution in [2.75, 3.05) is 5.32 Å². The van der Waals surface area contributed by atoms with E-state index in [9.17, 15) is 0 Å². The van der Waals surface area contributed by atoms with Crippen LogP contribution in [0.5, 0.6) is 0 Å². The van der Waals surface area contributed by atoms with Gasteiger partial charge in [0.1, 0.15) is 0 Å². The summed E-state index contributed by atoms with van der Waals surface area (Å²) in [6.45, 7) is 0. The topological polar surface area (TPSA) is 12.0 Å². The molecule has 0 spiro atoms. The van der Waals surface area contributed by atoms with Gasteiger partial charge >= 0.3 is 0 Å². The molecule has 0 saturated heterocycles. The van der Waals surface area contributed by atoms with Gasteiger partial charge in [0.15, 0.2) is 0 Å². The first kappa shape index (κ1) is 17.3. The molecular weight excluding hydrogens is 350 g/mol. The fourth-order valence-corrected chi connectivity index (χ4v) is 3.78. The second-order valence-electron chi connectivity index (χ2n) is 7.18. The average molecular weight is 371 g/mol. The molecule has 0 heterocycles. The molecule has 0 fully saturated rings. The molecule has 5 aromatic rings. The van der Waals surface area contributed by atoms with Crippen LogP contribution in [0.1, 0.15) is 11.1 Å². The Morgan fingerprint density at radius 2 is 1.24 bits per heavy atom. The van der Waals surface area contributed by atoms with E-state index >= 15 is 0 Å². The van der Waals surface area contributed by atoms with Crippen LogP contribution >= 0.6 is 0 Å². The summed E-state index contributed by atoms with van der Waals surface area (Å²) in [5.74, 6) is 0. The van der Waals surface area contributed by atoms with Crippen LogP contribution in [0.25, 0.3) is 33.3 Å². The fourth-order valence-electron chi connectivity index (χ4n) is 3.78. The van der Waals surface area contributed by atoms with Crippen molar-refractivity contribution in [1.82, 2.24) is 0 Å². The highest BCUT2D eigenvalue weighted by Crippen LogP contribution is 2.29. The molecule has 1 N–H and O–H groups in total. The Kier molecular flexibility index (Phi) is 4.56. The maximum atomic E-state index is 3.69. The van der Waals surface area contributed by atoms with Gasteiger partial charge in [0.05, 0.1) is 0 Å². The fraction of sp³-hybridized carbons (Fsp3) is 0. The third kappa shape index (κ3) is 3.63. The molecule has 0 unspecified atom stereocenters. The first-order valence-corrected chi connectivity index (χ1v) is 9.87. The van der Waals surface area contributed by atoms with Crippen molar-refractivity contribution < 1.29 is 0 Å². The van der Waals surface area contributed by atoms with Crippen LogP contribution in [-0.4, -0.2) is 0 Å². The summed E-state index contributed by atoms with van der Waals surface area (Å²) in [4.78, 5) is 0. The molecule has 0 radical (unpaired) electrons. The first-order valence-electron chi connectivity index (χ1n) is 9.87. The summed E-state index contributed by atoms with van der Waals surface area (Å²) in [5.41, 5.74) is 4.53. The largest absolute Gasteiger partial charge is 0.355 e. The average Bonchev–Trinajstić information content (AvgIpc) is 2.79. The van der Waals surface area contributed by atoms with Crippen LogP contribution in [0.15, 0.2) is 115 Å². The molecule has 0 bridgehead atoms. The Labute approximate surface area is 170 Å². The summed E-state index contributed by atoms with van der Waals surface area (Å²) in [5, 5.41) is 8.65. The smallest absolute Gasteiger partial charge is 0.0470 e. The maximum Gasteiger partial charge on any atom is 0.0470 e. The monoisotopic (exact) mass is 371 g/mol. The van der Waals surface area contributed by atoms with E-state index < -0.39 is 0 Å². The van der Waals surface area contributed by atoms with E-state index in [-0.39, 0.29) is 0 Å². The normalized spacial score (nSPS) is 11.7. The molecule has 5 aromatic carbocycles. The molecule has 0 aliphatic rings. The number of benzene rings is 5. The Morgan fingerprint density at radius 1 is 0.552 bits per heavy atom. The molecule has 0 saturated carbocycles. The van der Waals surface area contributed by atoms with Gasteiger partial charge in [-0.15, -0.1) is 0 Å². The Morgan fingerprint density at radius 3 is 2.10 bits per heavy atom. The van der Waals surface area contributed by atoms with Crippen LogP contribution in [-0.2, 0) is 0 Å². The lowest BCUT2D eigenvalue weighted by molar-refractivity contribution is 1.57. The van der Waals surface area contributed by atoms with Crippen LogP contribution in [0.2, 0.25) is 0 Å². The summed E-state index contributed by atoms with van der Waals surface area (Å²) in [6.07, 6.45) is 2.22. The van der Waals surface area contributed by atoms with E-state index in [1.807, 2.05) is 6.07 Å². The van der Waals surface area contributed by atoms with Crippen molar-refractivity contribution in [1.29, 1.82) is 0 Å². The zero-order chi connectivity index (χ0) is 19.5. The molecule has 1 nitrogen and oxygen atoms in total. The van der Waals surface area contributed by atoms with E-state index in [4.69, 9.17) is 0 Å². The molecule has 29 heavy (non-hydrogen) atoms. The van der Waals surface area contributed by atoms with Gasteiger partial charge in [-0.05, 0) is 45.3 Å². The van der Waals surface area contributed by atoms with E-state index in [1.165, 1.54) is 32.7 Å². The molecule has 0 aromatic heterocycles. The number of nitrogens with one attached hydrogen (secondary N) is 1. The number of anilines is 1. The molecule has 0 amide bonds. The predicted molar refractivity (Wildman–Crippen MR) is 126 cm³/mol. The van der Waals surface area contributed by atoms with Gasteiger partial charge in [-0.2, -0.15) is 0 Å². The van der Waals surface area contributed by atoms with E-state index in [2.05, 4.69) is 121 Å². The van der Waals surface area contributed by atoms with Gasteiger partial charge in [0.25, 0.3) is 0 Å². The lowest BCUT2D eigenvalue weighted by Crippen LogP contribution is -2.00. The number of hydrogen-bond acceptors (Lipinski definition) is 1. The summed E-state index contributed by atoms with van der Waals surface area (Å²) in [6, 6.07) is 40.4. The van der Waals surface area contributed by atoms with Crippen molar-refractivity contribution in [3.63, 3.8) is 0 Å². The van der Waals surface area contributed by atoms with Gasteiger partial charge in [0, 0.05) is 16.9 Å². The minimum absolute atomic E-state index is 1.08. The molecule has 0 aliphatic carbocycles. The van der Waals surface area contributed by atoms with Gasteiger partial charge in [-0.1, -0.05) is 103 Å². The van der Waals surface area contributed by atoms with Crippen LogP contribution < -0.4 is 5.32 Å². The highest BCUT2D eigenvalue weighted by molar-refractivity contribution is 6.01. The second-order valence-corrected chi connectivity index (χ2v) is 7.18. The lowest BCUT2D eigenvalue weighted by Gasteiger charge is -2.15. The van der Waals surface area contributed by atoms with Gasteiger partial charge in [-0.3, -0.25) is 0 Å². The highest BCUT2D eigenvalue weighted by Gasteiger charge is 2.08. The number of hydrogen-bond donors (Lipinski definition) is 1. The number of fused-ring (bicyclic) bond motifs is 2. The van der Waals surface area contributed by atoms with Crippen LogP contribution in [0.4, 0.5) is 5.69 Å². The molecule has 5 rings (SSSR count). The van der Waals surface area contributed by atoms with Crippen LogP contribution in [0, 0.1) is 0 Å². The van der Waals surface area contributed by atoms with Crippen molar-refractivity contribution in [3.8, 4) is 0 Å². The second kappa shape index (κ2) is 7.65. The van der Waals surface area contributed by atoms with Crippen molar-refractivity contribution >= 4 is 39.0 Å². The van der Waals surface area contributed by atoms with Gasteiger partial charge in [-0.25, -0.2) is 0 Å². The van der Waals surface area contributed by atoms with Crippen molar-refractivity contribution in [2.24, 2.45) is 0 Å². The Bertz CT molecular complexity index is 1310. The van der Waals surface area contributed by atoms with Gasteiger partial charge < -0.3 is 5.32 Å². The summed E-state index contributed by atoms with van der Waals surface area (Å²) in [7, 11) is 0. The van der Waals surface area contributed by atoms with Crippen molar-refractivity contribution in [3.05, 3.63) is 126 Å². The maximum absolute atomic E-state index is 3.69. The molecule has 1 heteroatoms. The van der Waals surface area contributed by atoms with Crippen LogP contribution in [0.3, 0.4) is 0 Å². The number of rotatable bonds is 4. The third-order valence-electron chi connectivity index (χ3n) is 5.22. The SMILES string of the molecule is C(=C(Nc1ccc2ccccc2c1)c1cccc2ccccc12)c1ccccc1. The first-order chi connectivity index (χ1) is 14.4. The zero-order valence-electron chi connectivity index (χ0n) is 16.0. The molecule has 0 aliphatic heterocycles. The Hall–Kier alpha value is -3.84. The lowest BCUT2D eigenvalue weighted by atomic mass is 10.00. The molecule has 0 atom stereocenters. The van der Waals surface area contributed by atoms with E-state index in [0.29, 0.717) is 0 Å². The summed E-state index contributed by atoms with van der Waals surface area (Å²) >= 11 is 0. The minimum Gasteiger partial charge on any atom is -0.355 e.